The number of hydrogen-bond donors (Lipinski definition) is 0. The summed E-state index contributed by atoms with van der Waals surface area (Å²) in [7, 11) is 0. The minimum atomic E-state index is -4.33. The molecule has 0 saturated heterocycles. The van der Waals surface area contributed by atoms with Gasteiger partial charge in [0, 0.05) is 5.54 Å². The third kappa shape index (κ3) is 3.55. The Morgan fingerprint density at radius 2 is 1.50 bits per heavy atom. The van der Waals surface area contributed by atoms with Crippen molar-refractivity contribution < 1.29 is 13.2 Å². The van der Waals surface area contributed by atoms with E-state index < -0.39 is 17.7 Å². The van der Waals surface area contributed by atoms with Gasteiger partial charge in [0.2, 0.25) is 0 Å². The van der Waals surface area contributed by atoms with Crippen LogP contribution in [0.1, 0.15) is 23.6 Å². The molecule has 0 aliphatic rings. The Kier molecular flexibility index (Phi) is 4.22. The van der Waals surface area contributed by atoms with Gasteiger partial charge in [0.05, 0.1) is 5.56 Å². The van der Waals surface area contributed by atoms with E-state index in [4.69, 9.17) is 33.2 Å². The second-order valence-corrected chi connectivity index (χ2v) is 12.4. The molecule has 0 radical (unpaired) electrons. The third-order valence-corrected chi connectivity index (χ3v) is 6.49. The Bertz CT molecular complexity index is 356. The second-order valence-electron chi connectivity index (χ2n) is 3.38. The van der Waals surface area contributed by atoms with E-state index in [9.17, 15) is 13.2 Å². The smallest absolute Gasteiger partial charge is 0.166 e. The highest BCUT2D eigenvalue weighted by molar-refractivity contribution is 7.65. The fourth-order valence-electron chi connectivity index (χ4n) is 1.15. The summed E-state index contributed by atoms with van der Waals surface area (Å²) in [5, 5.41) is 0. The quantitative estimate of drug-likeness (QED) is 0.532. The summed E-state index contributed by atoms with van der Waals surface area (Å²) in [6.07, 6.45) is -4.33. The zero-order chi connectivity index (χ0) is 12.6. The molecule has 0 saturated carbocycles. The summed E-state index contributed by atoms with van der Waals surface area (Å²) in [5.74, 6) is 0. The molecule has 1 rings (SSSR count). The molecule has 90 valence electrons. The average Bonchev–Trinajstić information content (AvgIpc) is 2.14. The van der Waals surface area contributed by atoms with Crippen molar-refractivity contribution in [1.29, 1.82) is 0 Å². The van der Waals surface area contributed by atoms with Crippen molar-refractivity contribution in [2.24, 2.45) is 0 Å². The molecular formula is C9H8Cl3F3Si. The Balaban J connectivity index is 2.96. The summed E-state index contributed by atoms with van der Waals surface area (Å²) in [4.78, 5) is 0. The molecule has 1 aromatic rings. The van der Waals surface area contributed by atoms with Crippen LogP contribution in [0.25, 0.3) is 0 Å². The fraction of sp³-hybridized carbons (Fsp3) is 0.333. The van der Waals surface area contributed by atoms with Gasteiger partial charge in [-0.3, -0.25) is 0 Å². The molecule has 1 atom stereocenters. The zero-order valence-electron chi connectivity index (χ0n) is 8.15. The molecule has 1 aromatic carbocycles. The number of hydrogen-bond acceptors (Lipinski definition) is 0. The lowest BCUT2D eigenvalue weighted by Crippen LogP contribution is -2.20. The van der Waals surface area contributed by atoms with E-state index in [1.165, 1.54) is 12.1 Å². The lowest BCUT2D eigenvalue weighted by molar-refractivity contribution is -0.137. The number of alkyl halides is 3. The first kappa shape index (κ1) is 14.2. The van der Waals surface area contributed by atoms with Gasteiger partial charge in [-0.1, -0.05) is 19.1 Å². The van der Waals surface area contributed by atoms with E-state index in [1.54, 1.807) is 6.92 Å². The molecule has 0 heterocycles. The number of rotatable bonds is 2. The molecule has 0 nitrogen and oxygen atoms in total. The SMILES string of the molecule is CC(c1ccc(C(F)(F)F)cc1)[Si](Cl)(Cl)Cl. The summed E-state index contributed by atoms with van der Waals surface area (Å²) < 4.78 is 36.9. The zero-order valence-corrected chi connectivity index (χ0v) is 11.4. The van der Waals surface area contributed by atoms with Crippen molar-refractivity contribution in [2.45, 2.75) is 18.6 Å². The van der Waals surface area contributed by atoms with Crippen LogP contribution in [0.15, 0.2) is 24.3 Å². The first-order valence-corrected chi connectivity index (χ1v) is 9.47. The van der Waals surface area contributed by atoms with E-state index in [1.807, 2.05) is 0 Å². The largest absolute Gasteiger partial charge is 0.416 e. The van der Waals surface area contributed by atoms with Crippen LogP contribution in [0.3, 0.4) is 0 Å². The van der Waals surface area contributed by atoms with Gasteiger partial charge in [-0.25, -0.2) is 0 Å². The van der Waals surface area contributed by atoms with Gasteiger partial charge in [0.1, 0.15) is 0 Å². The maximum Gasteiger partial charge on any atom is 0.416 e. The molecule has 0 aliphatic heterocycles. The van der Waals surface area contributed by atoms with Crippen LogP contribution < -0.4 is 0 Å². The topological polar surface area (TPSA) is 0 Å². The molecule has 7 heteroatoms. The van der Waals surface area contributed by atoms with Gasteiger partial charge < -0.3 is 0 Å². The van der Waals surface area contributed by atoms with Crippen LogP contribution in [0.4, 0.5) is 13.2 Å². The third-order valence-electron chi connectivity index (χ3n) is 2.23. The van der Waals surface area contributed by atoms with E-state index in [0.717, 1.165) is 12.1 Å². The van der Waals surface area contributed by atoms with Crippen LogP contribution in [-0.2, 0) is 6.18 Å². The highest BCUT2D eigenvalue weighted by Gasteiger charge is 2.35. The minimum absolute atomic E-state index is 0.334. The van der Waals surface area contributed by atoms with Crippen LogP contribution in [0.5, 0.6) is 0 Å². The first-order valence-electron chi connectivity index (χ1n) is 4.36. The number of benzene rings is 1. The standard InChI is InChI=1S/C9H8Cl3F3Si/c1-6(16(10,11)12)7-2-4-8(5-3-7)9(13,14)15/h2-6H,1H3. The Morgan fingerprint density at radius 1 is 1.06 bits per heavy atom. The molecule has 0 aromatic heterocycles. The maximum atomic E-state index is 12.3. The van der Waals surface area contributed by atoms with Crippen molar-refractivity contribution >= 4 is 39.2 Å². The van der Waals surface area contributed by atoms with Crippen LogP contribution in [0.2, 0.25) is 0 Å². The lowest BCUT2D eigenvalue weighted by atomic mass is 10.1. The maximum absolute atomic E-state index is 12.3. The molecule has 0 N–H and O–H groups in total. The van der Waals surface area contributed by atoms with E-state index in [0.29, 0.717) is 5.56 Å². The van der Waals surface area contributed by atoms with Crippen molar-refractivity contribution in [1.82, 2.24) is 0 Å². The summed E-state index contributed by atoms with van der Waals surface area (Å²) >= 11 is 17.4. The van der Waals surface area contributed by atoms with E-state index in [-0.39, 0.29) is 5.54 Å². The van der Waals surface area contributed by atoms with Crippen molar-refractivity contribution in [2.75, 3.05) is 0 Å². The van der Waals surface area contributed by atoms with Crippen molar-refractivity contribution in [3.8, 4) is 0 Å². The molecule has 1 unspecified atom stereocenters. The molecular weight excluding hydrogens is 300 g/mol. The van der Waals surface area contributed by atoms with Crippen LogP contribution in [0, 0.1) is 0 Å². The van der Waals surface area contributed by atoms with Crippen LogP contribution in [-0.4, -0.2) is 6.00 Å². The monoisotopic (exact) mass is 306 g/mol. The first-order chi connectivity index (χ1) is 7.12. The highest BCUT2D eigenvalue weighted by atomic mass is 35.8. The Hall–Kier alpha value is 0.0969. The summed E-state index contributed by atoms with van der Waals surface area (Å²) in [6, 6.07) is 1.76. The minimum Gasteiger partial charge on any atom is -0.166 e. The Labute approximate surface area is 106 Å². The van der Waals surface area contributed by atoms with Gasteiger partial charge >= 0.3 is 12.2 Å². The van der Waals surface area contributed by atoms with Gasteiger partial charge in [-0.05, 0) is 17.7 Å². The molecule has 16 heavy (non-hydrogen) atoms. The van der Waals surface area contributed by atoms with Gasteiger partial charge in [-0.2, -0.15) is 13.2 Å². The van der Waals surface area contributed by atoms with Crippen LogP contribution >= 0.6 is 33.2 Å². The van der Waals surface area contributed by atoms with Gasteiger partial charge in [-0.15, -0.1) is 33.2 Å². The normalized spacial score (nSPS) is 14.9. The van der Waals surface area contributed by atoms with Crippen molar-refractivity contribution in [3.05, 3.63) is 35.4 Å². The highest BCUT2D eigenvalue weighted by Crippen LogP contribution is 2.37. The predicted octanol–water partition coefficient (Wildman–Crippen LogP) is 5.00. The molecule has 0 bridgehead atoms. The Morgan fingerprint density at radius 3 is 1.81 bits per heavy atom. The second kappa shape index (κ2) is 4.76. The summed E-state index contributed by atoms with van der Waals surface area (Å²) in [6.45, 7) is 1.70. The fourth-order valence-corrected chi connectivity index (χ4v) is 2.85. The van der Waals surface area contributed by atoms with Gasteiger partial charge in [0.15, 0.2) is 0 Å². The molecule has 0 amide bonds. The molecule has 0 spiro atoms. The average molecular weight is 308 g/mol. The summed E-state index contributed by atoms with van der Waals surface area (Å²) in [5.41, 5.74) is -0.422. The van der Waals surface area contributed by atoms with E-state index >= 15 is 0 Å². The van der Waals surface area contributed by atoms with Gasteiger partial charge in [0.25, 0.3) is 0 Å². The number of halogens is 6. The van der Waals surface area contributed by atoms with Crippen molar-refractivity contribution in [3.63, 3.8) is 0 Å². The molecule has 0 fully saturated rings. The van der Waals surface area contributed by atoms with E-state index in [2.05, 4.69) is 0 Å². The predicted molar refractivity (Wildman–Crippen MR) is 63.2 cm³/mol. The molecule has 0 aliphatic carbocycles. The lowest BCUT2D eigenvalue weighted by Gasteiger charge is -2.18.